The second-order valence-corrected chi connectivity index (χ2v) is 12.6. The van der Waals surface area contributed by atoms with Gasteiger partial charge in [-0.15, -0.1) is 11.8 Å². The lowest BCUT2D eigenvalue weighted by atomic mass is 9.54. The molecule has 0 saturated carbocycles. The van der Waals surface area contributed by atoms with Gasteiger partial charge in [0.1, 0.15) is 11.5 Å². The SMILES string of the molecule is CC(=O)NCCS[C@@H]1CC(=O)[C@H](O)CCC(C)=C[C@H]2C=C(C)[C@@H](C)[C@H]3[C@H](CC(C)C)NC(=O)[C@@]23C1=O. The molecule has 36 heavy (non-hydrogen) atoms. The standard InChI is InChI=1S/C28H42N2O5S/c1-15(2)11-21-25-18(5)17(4)13-20-12-16(3)7-8-22(32)23(33)14-24(36-10-9-29-19(6)31)26(34)28(20,25)27(35)30-21/h12-13,15,18,20-22,24-25,32H,7-11,14H2,1-6H3,(H,29,31)(H,30,35)/t18-,20+,21+,22-,24-,25+,28+/m1/s1. The van der Waals surface area contributed by atoms with Crippen LogP contribution >= 0.6 is 11.8 Å². The minimum atomic E-state index is -1.30. The lowest BCUT2D eigenvalue weighted by Gasteiger charge is -2.46. The molecule has 3 N–H and O–H groups in total. The number of carbonyl (C=O) groups excluding carboxylic acids is 4. The zero-order valence-electron chi connectivity index (χ0n) is 22.4. The van der Waals surface area contributed by atoms with Crippen LogP contribution < -0.4 is 10.6 Å². The van der Waals surface area contributed by atoms with Gasteiger partial charge in [-0.2, -0.15) is 0 Å². The molecule has 7 atom stereocenters. The molecule has 1 saturated heterocycles. The van der Waals surface area contributed by atoms with E-state index in [9.17, 15) is 24.3 Å². The van der Waals surface area contributed by atoms with Crippen molar-refractivity contribution in [2.24, 2.45) is 29.1 Å². The fourth-order valence-electron chi connectivity index (χ4n) is 6.30. The van der Waals surface area contributed by atoms with Crippen molar-refractivity contribution < 1.29 is 24.3 Å². The Bertz CT molecular complexity index is 958. The summed E-state index contributed by atoms with van der Waals surface area (Å²) in [6, 6.07) is -0.132. The predicted molar refractivity (Wildman–Crippen MR) is 142 cm³/mol. The van der Waals surface area contributed by atoms with Crippen LogP contribution in [-0.2, 0) is 19.2 Å². The normalized spacial score (nSPS) is 35.3. The molecule has 0 aromatic rings. The Morgan fingerprint density at radius 1 is 1.25 bits per heavy atom. The van der Waals surface area contributed by atoms with Gasteiger partial charge in [-0.3, -0.25) is 19.2 Å². The number of thioether (sulfide) groups is 1. The van der Waals surface area contributed by atoms with Gasteiger partial charge in [0, 0.05) is 43.5 Å². The Hall–Kier alpha value is -1.93. The van der Waals surface area contributed by atoms with E-state index in [1.165, 1.54) is 24.3 Å². The van der Waals surface area contributed by atoms with E-state index in [0.717, 1.165) is 12.0 Å². The number of amides is 2. The highest BCUT2D eigenvalue weighted by molar-refractivity contribution is 8.00. The van der Waals surface area contributed by atoms with E-state index in [0.29, 0.717) is 31.1 Å². The molecular formula is C28H42N2O5S. The molecule has 0 unspecified atom stereocenters. The molecule has 0 bridgehead atoms. The summed E-state index contributed by atoms with van der Waals surface area (Å²) in [4.78, 5) is 53.0. The van der Waals surface area contributed by atoms with Crippen molar-refractivity contribution in [2.45, 2.75) is 84.6 Å². The van der Waals surface area contributed by atoms with E-state index in [4.69, 9.17) is 0 Å². The van der Waals surface area contributed by atoms with Gasteiger partial charge in [0.05, 0.1) is 5.25 Å². The third-order valence-electron chi connectivity index (χ3n) is 8.13. The lowest BCUT2D eigenvalue weighted by Crippen LogP contribution is -2.55. The number of rotatable bonds is 6. The zero-order valence-corrected chi connectivity index (χ0v) is 23.2. The quantitative estimate of drug-likeness (QED) is 0.283. The number of hydrogen-bond acceptors (Lipinski definition) is 6. The molecule has 1 heterocycles. The average molecular weight is 519 g/mol. The number of carbonyl (C=O) groups is 4. The minimum absolute atomic E-state index is 0.0260. The van der Waals surface area contributed by atoms with E-state index in [-0.39, 0.29) is 47.7 Å². The summed E-state index contributed by atoms with van der Waals surface area (Å²) in [6.45, 7) is 12.2. The number of aliphatic hydroxyl groups is 1. The molecule has 1 aliphatic heterocycles. The highest BCUT2D eigenvalue weighted by Gasteiger charge is 2.66. The first-order chi connectivity index (χ1) is 16.9. The Morgan fingerprint density at radius 2 is 1.94 bits per heavy atom. The smallest absolute Gasteiger partial charge is 0.235 e. The topological polar surface area (TPSA) is 113 Å². The molecule has 8 heteroatoms. The summed E-state index contributed by atoms with van der Waals surface area (Å²) in [5.74, 6) is -0.832. The number of nitrogens with one attached hydrogen (secondary N) is 2. The molecule has 0 radical (unpaired) electrons. The van der Waals surface area contributed by atoms with Gasteiger partial charge in [-0.25, -0.2) is 0 Å². The van der Waals surface area contributed by atoms with E-state index >= 15 is 0 Å². The summed E-state index contributed by atoms with van der Waals surface area (Å²) in [7, 11) is 0. The van der Waals surface area contributed by atoms with Gasteiger partial charge >= 0.3 is 0 Å². The molecule has 1 spiro atoms. The van der Waals surface area contributed by atoms with Gasteiger partial charge in [-0.1, -0.05) is 44.1 Å². The fourth-order valence-corrected chi connectivity index (χ4v) is 7.43. The molecule has 0 aromatic carbocycles. The molecule has 0 aromatic heterocycles. The van der Waals surface area contributed by atoms with E-state index in [1.807, 2.05) is 13.0 Å². The molecule has 7 nitrogen and oxygen atoms in total. The highest BCUT2D eigenvalue weighted by Crippen LogP contribution is 2.56. The van der Waals surface area contributed by atoms with Gasteiger partial charge < -0.3 is 15.7 Å². The Morgan fingerprint density at radius 3 is 2.58 bits per heavy atom. The molecule has 1 fully saturated rings. The van der Waals surface area contributed by atoms with Gasteiger partial charge in [0.15, 0.2) is 11.6 Å². The maximum Gasteiger partial charge on any atom is 0.235 e. The van der Waals surface area contributed by atoms with Crippen molar-refractivity contribution in [3.63, 3.8) is 0 Å². The number of allylic oxidation sites excluding steroid dienone is 4. The second kappa shape index (κ2) is 11.6. The largest absolute Gasteiger partial charge is 0.385 e. The molecule has 3 rings (SSSR count). The van der Waals surface area contributed by atoms with Gasteiger partial charge in [0.25, 0.3) is 0 Å². The number of aliphatic hydroxyl groups excluding tert-OH is 1. The van der Waals surface area contributed by atoms with Crippen molar-refractivity contribution in [1.82, 2.24) is 10.6 Å². The summed E-state index contributed by atoms with van der Waals surface area (Å²) in [5, 5.41) is 15.7. The second-order valence-electron chi connectivity index (χ2n) is 11.3. The number of Topliss-reactive ketones (excluding diaryl/α,β-unsaturated/α-hetero) is 2. The molecule has 2 amide bonds. The molecule has 3 aliphatic rings. The minimum Gasteiger partial charge on any atom is -0.385 e. The van der Waals surface area contributed by atoms with Crippen LogP contribution in [0.25, 0.3) is 0 Å². The highest BCUT2D eigenvalue weighted by atomic mass is 32.2. The van der Waals surface area contributed by atoms with Crippen molar-refractivity contribution in [1.29, 1.82) is 0 Å². The monoisotopic (exact) mass is 518 g/mol. The van der Waals surface area contributed by atoms with Crippen LogP contribution in [0.15, 0.2) is 23.3 Å². The molecule has 2 aliphatic carbocycles. The van der Waals surface area contributed by atoms with Crippen LogP contribution in [0.4, 0.5) is 0 Å². The summed E-state index contributed by atoms with van der Waals surface area (Å²) < 4.78 is 0. The maximum absolute atomic E-state index is 14.6. The maximum atomic E-state index is 14.6. The third-order valence-corrected chi connectivity index (χ3v) is 9.35. The van der Waals surface area contributed by atoms with Crippen LogP contribution in [0.1, 0.15) is 67.2 Å². The van der Waals surface area contributed by atoms with Crippen LogP contribution in [0.2, 0.25) is 0 Å². The first kappa shape index (κ1) is 28.6. The van der Waals surface area contributed by atoms with Crippen LogP contribution in [0.5, 0.6) is 0 Å². The summed E-state index contributed by atoms with van der Waals surface area (Å²) >= 11 is 1.30. The van der Waals surface area contributed by atoms with Crippen LogP contribution in [0, 0.1) is 29.1 Å². The third kappa shape index (κ3) is 5.64. The number of hydrogen-bond donors (Lipinski definition) is 3. The van der Waals surface area contributed by atoms with Crippen LogP contribution in [-0.4, -0.2) is 58.2 Å². The molecule has 200 valence electrons. The van der Waals surface area contributed by atoms with Crippen molar-refractivity contribution in [2.75, 3.05) is 12.3 Å². The Labute approximate surface area is 219 Å². The Balaban J connectivity index is 2.14. The van der Waals surface area contributed by atoms with E-state index in [1.54, 1.807) is 0 Å². The van der Waals surface area contributed by atoms with E-state index in [2.05, 4.69) is 44.4 Å². The first-order valence-corrected chi connectivity index (χ1v) is 14.2. The van der Waals surface area contributed by atoms with Gasteiger partial charge in [0.2, 0.25) is 11.8 Å². The zero-order chi connectivity index (χ0) is 26.8. The van der Waals surface area contributed by atoms with Crippen molar-refractivity contribution in [3.8, 4) is 0 Å². The van der Waals surface area contributed by atoms with Crippen LogP contribution in [0.3, 0.4) is 0 Å². The van der Waals surface area contributed by atoms with Gasteiger partial charge in [-0.05, 0) is 44.9 Å². The first-order valence-electron chi connectivity index (χ1n) is 13.2. The predicted octanol–water partition coefficient (Wildman–Crippen LogP) is 3.21. The van der Waals surface area contributed by atoms with E-state index < -0.39 is 22.7 Å². The van der Waals surface area contributed by atoms with Crippen molar-refractivity contribution >= 4 is 35.1 Å². The number of ketones is 2. The average Bonchev–Trinajstić information content (AvgIpc) is 3.08. The lowest BCUT2D eigenvalue weighted by molar-refractivity contribution is -0.146. The molecular weight excluding hydrogens is 476 g/mol. The van der Waals surface area contributed by atoms with Crippen molar-refractivity contribution in [3.05, 3.63) is 23.3 Å². The summed E-state index contributed by atoms with van der Waals surface area (Å²) in [5.41, 5.74) is 0.831. The summed E-state index contributed by atoms with van der Waals surface area (Å²) in [6.07, 6.45) is 4.44. The Kier molecular flexibility index (Phi) is 9.25. The fraction of sp³-hybridized carbons (Fsp3) is 0.714.